The standard InChI is InChI=1S/C9H4BrNO4S/c10-6-3-5(11(14)15)1-4-2-7(9(12)13)16-8(4)6/h1-3H,(H,12,13). The molecule has 0 aliphatic heterocycles. The van der Waals surface area contributed by atoms with Gasteiger partial charge in [-0.3, -0.25) is 10.1 Å². The van der Waals surface area contributed by atoms with Crippen molar-refractivity contribution in [1.29, 1.82) is 0 Å². The lowest BCUT2D eigenvalue weighted by atomic mass is 10.2. The molecule has 2 rings (SSSR count). The molecular weight excluding hydrogens is 298 g/mol. The number of carboxylic acid groups (broad SMARTS) is 1. The van der Waals surface area contributed by atoms with Gasteiger partial charge in [-0.1, -0.05) is 0 Å². The highest BCUT2D eigenvalue weighted by atomic mass is 79.9. The molecule has 0 radical (unpaired) electrons. The molecule has 0 spiro atoms. The van der Waals surface area contributed by atoms with Crippen LogP contribution >= 0.6 is 27.3 Å². The van der Waals surface area contributed by atoms with E-state index in [4.69, 9.17) is 5.11 Å². The van der Waals surface area contributed by atoms with Gasteiger partial charge in [-0.2, -0.15) is 0 Å². The second-order valence-electron chi connectivity index (χ2n) is 3.02. The highest BCUT2D eigenvalue weighted by Gasteiger charge is 2.15. The molecule has 7 heteroatoms. The van der Waals surface area contributed by atoms with Gasteiger partial charge in [0.05, 0.1) is 4.92 Å². The van der Waals surface area contributed by atoms with Gasteiger partial charge in [0.1, 0.15) is 4.88 Å². The number of nitro benzene ring substituents is 1. The van der Waals surface area contributed by atoms with Crippen LogP contribution in [0.2, 0.25) is 0 Å². The number of rotatable bonds is 2. The van der Waals surface area contributed by atoms with Crippen LogP contribution < -0.4 is 0 Å². The number of nitrogens with zero attached hydrogens (tertiary/aromatic N) is 1. The smallest absolute Gasteiger partial charge is 0.345 e. The Hall–Kier alpha value is -1.47. The summed E-state index contributed by atoms with van der Waals surface area (Å²) in [5.74, 6) is -1.03. The molecule has 0 saturated heterocycles. The van der Waals surface area contributed by atoms with Gasteiger partial charge < -0.3 is 5.11 Å². The molecule has 1 heterocycles. The van der Waals surface area contributed by atoms with E-state index in [1.54, 1.807) is 0 Å². The summed E-state index contributed by atoms with van der Waals surface area (Å²) in [5.41, 5.74) is -0.0610. The SMILES string of the molecule is O=C(O)c1cc2cc([N+](=O)[O-])cc(Br)c2s1. The van der Waals surface area contributed by atoms with Crippen molar-refractivity contribution >= 4 is 49.0 Å². The van der Waals surface area contributed by atoms with Crippen molar-refractivity contribution in [2.24, 2.45) is 0 Å². The van der Waals surface area contributed by atoms with Crippen LogP contribution in [0, 0.1) is 10.1 Å². The van der Waals surface area contributed by atoms with Crippen LogP contribution in [0.3, 0.4) is 0 Å². The highest BCUT2D eigenvalue weighted by Crippen LogP contribution is 2.35. The number of non-ortho nitro benzene ring substituents is 1. The van der Waals surface area contributed by atoms with Gasteiger partial charge in [0.15, 0.2) is 0 Å². The Labute approximate surface area is 102 Å². The fourth-order valence-corrected chi connectivity index (χ4v) is 2.90. The molecule has 5 nitrogen and oxygen atoms in total. The van der Waals surface area contributed by atoms with Crippen molar-refractivity contribution in [2.45, 2.75) is 0 Å². The first-order chi connectivity index (χ1) is 7.49. The van der Waals surface area contributed by atoms with Crippen LogP contribution in [-0.4, -0.2) is 16.0 Å². The molecular formula is C9H4BrNO4S. The van der Waals surface area contributed by atoms with Gasteiger partial charge in [0, 0.05) is 26.7 Å². The van der Waals surface area contributed by atoms with E-state index in [1.807, 2.05) is 0 Å². The molecule has 0 unspecified atom stereocenters. The van der Waals surface area contributed by atoms with E-state index in [1.165, 1.54) is 18.2 Å². The molecule has 1 aromatic heterocycles. The molecule has 0 atom stereocenters. The summed E-state index contributed by atoms with van der Waals surface area (Å²) in [7, 11) is 0. The Morgan fingerprint density at radius 2 is 2.12 bits per heavy atom. The number of nitro groups is 1. The number of hydrogen-bond acceptors (Lipinski definition) is 4. The zero-order valence-electron chi connectivity index (χ0n) is 7.64. The van der Waals surface area contributed by atoms with Crippen molar-refractivity contribution in [1.82, 2.24) is 0 Å². The Balaban J connectivity index is 2.72. The van der Waals surface area contributed by atoms with E-state index < -0.39 is 10.9 Å². The number of hydrogen-bond donors (Lipinski definition) is 1. The molecule has 16 heavy (non-hydrogen) atoms. The molecule has 0 fully saturated rings. The van der Waals surface area contributed by atoms with E-state index in [-0.39, 0.29) is 10.6 Å². The lowest BCUT2D eigenvalue weighted by molar-refractivity contribution is -0.384. The summed E-state index contributed by atoms with van der Waals surface area (Å²) in [6, 6.07) is 4.16. The van der Waals surface area contributed by atoms with E-state index in [0.717, 1.165) is 11.3 Å². The average Bonchev–Trinajstić information content (AvgIpc) is 2.61. The average molecular weight is 302 g/mol. The number of aromatic carboxylic acids is 1. The van der Waals surface area contributed by atoms with Gasteiger partial charge in [-0.05, 0) is 22.0 Å². The molecule has 0 aliphatic rings. The molecule has 0 aliphatic carbocycles. The first-order valence-electron chi connectivity index (χ1n) is 4.10. The second-order valence-corrected chi connectivity index (χ2v) is 4.93. The number of thiophene rings is 1. The van der Waals surface area contributed by atoms with Gasteiger partial charge in [0.2, 0.25) is 0 Å². The van der Waals surface area contributed by atoms with Gasteiger partial charge >= 0.3 is 5.97 Å². The predicted octanol–water partition coefficient (Wildman–Crippen LogP) is 3.27. The maximum atomic E-state index is 10.8. The lowest BCUT2D eigenvalue weighted by Crippen LogP contribution is -1.89. The maximum absolute atomic E-state index is 10.8. The van der Waals surface area contributed by atoms with Crippen molar-refractivity contribution in [3.63, 3.8) is 0 Å². The Morgan fingerprint density at radius 3 is 2.69 bits per heavy atom. The van der Waals surface area contributed by atoms with Crippen LogP contribution in [0.1, 0.15) is 9.67 Å². The topological polar surface area (TPSA) is 80.4 Å². The minimum atomic E-state index is -1.03. The third-order valence-electron chi connectivity index (χ3n) is 1.98. The monoisotopic (exact) mass is 301 g/mol. The van der Waals surface area contributed by atoms with Crippen LogP contribution in [0.4, 0.5) is 5.69 Å². The van der Waals surface area contributed by atoms with E-state index in [9.17, 15) is 14.9 Å². The van der Waals surface area contributed by atoms with Crippen molar-refractivity contribution in [3.8, 4) is 0 Å². The van der Waals surface area contributed by atoms with E-state index in [0.29, 0.717) is 14.6 Å². The summed E-state index contributed by atoms with van der Waals surface area (Å²) < 4.78 is 1.23. The van der Waals surface area contributed by atoms with Gasteiger partial charge in [0.25, 0.3) is 5.69 Å². The molecule has 0 bridgehead atoms. The first-order valence-corrected chi connectivity index (χ1v) is 5.71. The minimum Gasteiger partial charge on any atom is -0.477 e. The number of benzene rings is 1. The van der Waals surface area contributed by atoms with Crippen molar-refractivity contribution in [3.05, 3.63) is 37.7 Å². The summed E-state index contributed by atoms with van der Waals surface area (Å²) in [6.45, 7) is 0. The normalized spacial score (nSPS) is 10.6. The summed E-state index contributed by atoms with van der Waals surface area (Å²) in [4.78, 5) is 21.0. The lowest BCUT2D eigenvalue weighted by Gasteiger charge is -1.94. The fourth-order valence-electron chi connectivity index (χ4n) is 1.31. The quantitative estimate of drug-likeness (QED) is 0.682. The Morgan fingerprint density at radius 1 is 1.44 bits per heavy atom. The maximum Gasteiger partial charge on any atom is 0.345 e. The minimum absolute atomic E-state index is 0.0610. The van der Waals surface area contributed by atoms with Gasteiger partial charge in [-0.15, -0.1) is 11.3 Å². The predicted molar refractivity (Wildman–Crippen MR) is 63.1 cm³/mol. The summed E-state index contributed by atoms with van der Waals surface area (Å²) in [5, 5.41) is 20.0. The third-order valence-corrected chi connectivity index (χ3v) is 4.04. The van der Waals surface area contributed by atoms with Gasteiger partial charge in [-0.25, -0.2) is 4.79 Å². The molecule has 0 amide bonds. The largest absolute Gasteiger partial charge is 0.477 e. The van der Waals surface area contributed by atoms with Crippen LogP contribution in [0.15, 0.2) is 22.7 Å². The van der Waals surface area contributed by atoms with Crippen LogP contribution in [0.5, 0.6) is 0 Å². The Bertz CT molecular complexity index is 607. The van der Waals surface area contributed by atoms with Crippen LogP contribution in [0.25, 0.3) is 10.1 Å². The van der Waals surface area contributed by atoms with Crippen molar-refractivity contribution < 1.29 is 14.8 Å². The highest BCUT2D eigenvalue weighted by molar-refractivity contribution is 9.10. The molecule has 2 aromatic rings. The molecule has 82 valence electrons. The second kappa shape index (κ2) is 3.84. The number of halogens is 1. The number of carbonyl (C=O) groups is 1. The first kappa shape index (κ1) is 11.0. The van der Waals surface area contributed by atoms with E-state index in [2.05, 4.69) is 15.9 Å². The summed E-state index contributed by atoms with van der Waals surface area (Å²) in [6.07, 6.45) is 0. The number of fused-ring (bicyclic) bond motifs is 1. The fraction of sp³-hybridized carbons (Fsp3) is 0. The number of carboxylic acids is 1. The van der Waals surface area contributed by atoms with Crippen molar-refractivity contribution in [2.75, 3.05) is 0 Å². The summed E-state index contributed by atoms with van der Waals surface area (Å²) >= 11 is 4.27. The van der Waals surface area contributed by atoms with Crippen LogP contribution in [-0.2, 0) is 0 Å². The molecule has 1 N–H and O–H groups in total. The zero-order valence-corrected chi connectivity index (χ0v) is 10.0. The zero-order chi connectivity index (χ0) is 11.9. The third kappa shape index (κ3) is 1.79. The molecule has 0 saturated carbocycles. The Kier molecular flexibility index (Phi) is 2.64. The molecule has 1 aromatic carbocycles. The van der Waals surface area contributed by atoms with E-state index >= 15 is 0 Å².